The summed E-state index contributed by atoms with van der Waals surface area (Å²) in [6, 6.07) is 0. The normalized spacial score (nSPS) is 10.5. The Kier molecular flexibility index (Phi) is 5.83. The van der Waals surface area contributed by atoms with E-state index in [1.807, 2.05) is 0 Å². The van der Waals surface area contributed by atoms with E-state index in [1.165, 1.54) is 0 Å². The van der Waals surface area contributed by atoms with E-state index in [-0.39, 0.29) is 19.0 Å². The van der Waals surface area contributed by atoms with Crippen LogP contribution in [0.25, 0.3) is 0 Å². The molecule has 0 saturated heterocycles. The zero-order valence-corrected chi connectivity index (χ0v) is 6.53. The van der Waals surface area contributed by atoms with Crippen molar-refractivity contribution < 1.29 is 15.3 Å². The van der Waals surface area contributed by atoms with Crippen molar-refractivity contribution in [3.8, 4) is 0 Å². The molecule has 0 amide bonds. The molecule has 0 rings (SSSR count). The molecule has 66 valence electrons. The second-order valence-corrected chi connectivity index (χ2v) is 2.29. The number of aliphatic hydroxyl groups is 3. The molecule has 0 aliphatic rings. The van der Waals surface area contributed by atoms with Gasteiger partial charge in [-0.25, -0.2) is 0 Å². The topological polar surface area (TPSA) is 63.9 Å². The molecule has 3 N–H and O–H groups in total. The monoisotopic (exact) mass is 161 g/mol. The van der Waals surface area contributed by atoms with Crippen LogP contribution in [0.3, 0.4) is 0 Å². The molecule has 0 atom stereocenters. The fourth-order valence-corrected chi connectivity index (χ4v) is 0.811. The highest BCUT2D eigenvalue weighted by Crippen LogP contribution is 1.91. The van der Waals surface area contributed by atoms with E-state index >= 15 is 0 Å². The molecule has 0 heterocycles. The predicted octanol–water partition coefficient (Wildman–Crippen LogP) is -0.655. The van der Waals surface area contributed by atoms with Gasteiger partial charge >= 0.3 is 0 Å². The highest BCUT2D eigenvalue weighted by Gasteiger charge is 2.03. The molecule has 0 saturated carbocycles. The van der Waals surface area contributed by atoms with Crippen molar-refractivity contribution in [1.82, 2.24) is 4.90 Å². The Morgan fingerprint density at radius 2 is 1.64 bits per heavy atom. The van der Waals surface area contributed by atoms with Gasteiger partial charge in [0.25, 0.3) is 0 Å². The highest BCUT2D eigenvalue weighted by molar-refractivity contribution is 4.83. The number of rotatable bonds is 6. The molecule has 0 aromatic rings. The van der Waals surface area contributed by atoms with Crippen LogP contribution in [-0.4, -0.2) is 53.1 Å². The van der Waals surface area contributed by atoms with Crippen molar-refractivity contribution in [2.45, 2.75) is 0 Å². The largest absolute Gasteiger partial charge is 0.512 e. The molecule has 0 unspecified atom stereocenters. The number of hydrogen-bond acceptors (Lipinski definition) is 4. The molecular weight excluding hydrogens is 146 g/mol. The first-order valence-electron chi connectivity index (χ1n) is 3.51. The van der Waals surface area contributed by atoms with Gasteiger partial charge in [-0.15, -0.1) is 0 Å². The van der Waals surface area contributed by atoms with Crippen LogP contribution < -0.4 is 0 Å². The first-order chi connectivity index (χ1) is 5.20. The predicted molar refractivity (Wildman–Crippen MR) is 42.4 cm³/mol. The van der Waals surface area contributed by atoms with E-state index in [0.29, 0.717) is 19.6 Å². The van der Waals surface area contributed by atoms with Crippen molar-refractivity contribution in [2.24, 2.45) is 0 Å². The fraction of sp³-hybridized carbons (Fsp3) is 0.714. The van der Waals surface area contributed by atoms with Gasteiger partial charge in [0, 0.05) is 13.1 Å². The van der Waals surface area contributed by atoms with E-state index in [4.69, 9.17) is 15.3 Å². The molecular formula is C7H15NO3. The van der Waals surface area contributed by atoms with Crippen LogP contribution >= 0.6 is 0 Å². The first kappa shape index (κ1) is 10.4. The van der Waals surface area contributed by atoms with Crippen molar-refractivity contribution >= 4 is 0 Å². The Morgan fingerprint density at radius 1 is 1.18 bits per heavy atom. The molecule has 0 bridgehead atoms. The summed E-state index contributed by atoms with van der Waals surface area (Å²) >= 11 is 0. The average molecular weight is 161 g/mol. The third-order valence-electron chi connectivity index (χ3n) is 1.24. The Labute approximate surface area is 66.4 Å². The number of aliphatic hydroxyl groups excluding tert-OH is 3. The third kappa shape index (κ3) is 5.84. The van der Waals surface area contributed by atoms with Gasteiger partial charge in [0.1, 0.15) is 0 Å². The molecule has 4 nitrogen and oxygen atoms in total. The van der Waals surface area contributed by atoms with Crippen molar-refractivity contribution in [2.75, 3.05) is 32.8 Å². The average Bonchev–Trinajstić information content (AvgIpc) is 1.87. The SMILES string of the molecule is C=C(O)CN(CCO)CCO. The van der Waals surface area contributed by atoms with Gasteiger partial charge in [-0.05, 0) is 0 Å². The summed E-state index contributed by atoms with van der Waals surface area (Å²) in [5.41, 5.74) is 0. The highest BCUT2D eigenvalue weighted by atomic mass is 16.3. The van der Waals surface area contributed by atoms with E-state index in [1.54, 1.807) is 4.90 Å². The van der Waals surface area contributed by atoms with Gasteiger partial charge in [0.15, 0.2) is 0 Å². The second-order valence-electron chi connectivity index (χ2n) is 2.29. The quantitative estimate of drug-likeness (QED) is 0.453. The second kappa shape index (κ2) is 6.15. The van der Waals surface area contributed by atoms with E-state index < -0.39 is 0 Å². The molecule has 0 spiro atoms. The summed E-state index contributed by atoms with van der Waals surface area (Å²) in [5, 5.41) is 25.9. The van der Waals surface area contributed by atoms with Gasteiger partial charge in [0.2, 0.25) is 0 Å². The molecule has 0 aromatic heterocycles. The van der Waals surface area contributed by atoms with E-state index in [2.05, 4.69) is 6.58 Å². The Balaban J connectivity index is 3.59. The summed E-state index contributed by atoms with van der Waals surface area (Å²) in [6.45, 7) is 4.55. The summed E-state index contributed by atoms with van der Waals surface area (Å²) in [5.74, 6) is 0.0481. The van der Waals surface area contributed by atoms with Gasteiger partial charge in [-0.2, -0.15) is 0 Å². The summed E-state index contributed by atoms with van der Waals surface area (Å²) in [7, 11) is 0. The third-order valence-corrected chi connectivity index (χ3v) is 1.24. The first-order valence-corrected chi connectivity index (χ1v) is 3.51. The maximum atomic E-state index is 8.78. The molecule has 11 heavy (non-hydrogen) atoms. The van der Waals surface area contributed by atoms with Gasteiger partial charge in [-0.3, -0.25) is 4.90 Å². The molecule has 0 radical (unpaired) electrons. The standard InChI is InChI=1S/C7H15NO3/c1-7(11)6-8(2-4-9)3-5-10/h9-11H,1-6H2. The fourth-order valence-electron chi connectivity index (χ4n) is 0.811. The van der Waals surface area contributed by atoms with Crippen LogP contribution in [0.1, 0.15) is 0 Å². The van der Waals surface area contributed by atoms with Gasteiger partial charge < -0.3 is 15.3 Å². The number of nitrogens with zero attached hydrogens (tertiary/aromatic N) is 1. The van der Waals surface area contributed by atoms with Crippen molar-refractivity contribution in [1.29, 1.82) is 0 Å². The minimum absolute atomic E-state index is 0.0211. The van der Waals surface area contributed by atoms with Crippen LogP contribution in [0, 0.1) is 0 Å². The van der Waals surface area contributed by atoms with Crippen LogP contribution in [0.5, 0.6) is 0 Å². The minimum atomic E-state index is 0.0211. The number of hydrogen-bond donors (Lipinski definition) is 3. The van der Waals surface area contributed by atoms with E-state index in [9.17, 15) is 0 Å². The minimum Gasteiger partial charge on any atom is -0.512 e. The zero-order chi connectivity index (χ0) is 8.69. The van der Waals surface area contributed by atoms with Crippen LogP contribution in [0.2, 0.25) is 0 Å². The Morgan fingerprint density at radius 3 is 1.91 bits per heavy atom. The lowest BCUT2D eigenvalue weighted by Gasteiger charge is -2.18. The smallest absolute Gasteiger partial charge is 0.0991 e. The molecule has 0 aliphatic carbocycles. The lowest BCUT2D eigenvalue weighted by atomic mass is 10.4. The van der Waals surface area contributed by atoms with Crippen LogP contribution in [0.15, 0.2) is 12.3 Å². The lowest BCUT2D eigenvalue weighted by Crippen LogP contribution is -2.31. The maximum Gasteiger partial charge on any atom is 0.0991 e. The summed E-state index contributed by atoms with van der Waals surface area (Å²) in [6.07, 6.45) is 0. The van der Waals surface area contributed by atoms with Crippen molar-refractivity contribution in [3.05, 3.63) is 12.3 Å². The van der Waals surface area contributed by atoms with Crippen LogP contribution in [-0.2, 0) is 0 Å². The summed E-state index contributed by atoms with van der Waals surface area (Å²) < 4.78 is 0. The van der Waals surface area contributed by atoms with E-state index in [0.717, 1.165) is 0 Å². The van der Waals surface area contributed by atoms with Crippen LogP contribution in [0.4, 0.5) is 0 Å². The molecule has 0 fully saturated rings. The summed E-state index contributed by atoms with van der Waals surface area (Å²) in [4.78, 5) is 1.71. The zero-order valence-electron chi connectivity index (χ0n) is 6.53. The molecule has 0 aromatic carbocycles. The Bertz CT molecular complexity index is 110. The molecule has 0 aliphatic heterocycles. The van der Waals surface area contributed by atoms with Gasteiger partial charge in [0.05, 0.1) is 25.5 Å². The van der Waals surface area contributed by atoms with Gasteiger partial charge in [-0.1, -0.05) is 6.58 Å². The molecule has 4 heteroatoms. The van der Waals surface area contributed by atoms with Crippen molar-refractivity contribution in [3.63, 3.8) is 0 Å². The Hall–Kier alpha value is -0.580. The maximum absolute atomic E-state index is 8.78. The lowest BCUT2D eigenvalue weighted by molar-refractivity contribution is 0.157.